The van der Waals surface area contributed by atoms with Gasteiger partial charge < -0.3 is 20.9 Å². The highest BCUT2D eigenvalue weighted by Crippen LogP contribution is 2.34. The first-order chi connectivity index (χ1) is 16.9. The maximum absolute atomic E-state index is 13.5. The summed E-state index contributed by atoms with van der Waals surface area (Å²) in [5.41, 5.74) is 5.83. The molecule has 2 atom stereocenters. The third-order valence-corrected chi connectivity index (χ3v) is 8.81. The molecule has 0 radical (unpaired) electrons. The lowest BCUT2D eigenvalue weighted by atomic mass is 9.82. The maximum Gasteiger partial charge on any atom is 0.264 e. The Labute approximate surface area is 213 Å². The van der Waals surface area contributed by atoms with Crippen molar-refractivity contribution in [1.29, 1.82) is 0 Å². The van der Waals surface area contributed by atoms with Crippen molar-refractivity contribution < 1.29 is 14.4 Å². The van der Waals surface area contributed by atoms with Gasteiger partial charge >= 0.3 is 0 Å². The van der Waals surface area contributed by atoms with Gasteiger partial charge in [0.1, 0.15) is 6.04 Å². The zero-order chi connectivity index (χ0) is 24.9. The van der Waals surface area contributed by atoms with Crippen molar-refractivity contribution in [1.82, 2.24) is 15.1 Å². The Morgan fingerprint density at radius 1 is 1.11 bits per heavy atom. The molecule has 4 rings (SSSR count). The second-order valence-corrected chi connectivity index (χ2v) is 12.1. The van der Waals surface area contributed by atoms with Crippen LogP contribution in [0.3, 0.4) is 0 Å². The number of nitrogens with one attached hydrogen (secondary N) is 1. The molecule has 8 heteroatoms. The first kappa shape index (κ1) is 26.1. The van der Waals surface area contributed by atoms with Crippen LogP contribution in [-0.4, -0.2) is 65.8 Å². The van der Waals surface area contributed by atoms with Crippen molar-refractivity contribution in [3.8, 4) is 0 Å². The summed E-state index contributed by atoms with van der Waals surface area (Å²) >= 11 is 1.41. The number of likely N-dealkylation sites (tertiary alicyclic amines) is 1. The zero-order valence-corrected chi connectivity index (χ0v) is 22.1. The fraction of sp³-hybridized carbons (Fsp3) is 0.741. The number of hydrogen-bond acceptors (Lipinski definition) is 5. The Morgan fingerprint density at radius 3 is 2.43 bits per heavy atom. The van der Waals surface area contributed by atoms with Crippen LogP contribution in [0.5, 0.6) is 0 Å². The standard InChI is InChI=1S/C27H42N4O3S/c1-18(2)17-31(26(33)21-9-10-21)22-11-12-30(27(34)24-4-3-13-35-24)23(14-22)25(32)29-16-20-7-5-19(15-28)6-8-20/h3-4,13,18-23H,5-12,14-17,28H2,1-2H3,(H,29,32)/t19?,20?,22?,23-/m1/s1. The Bertz CT molecular complexity index is 862. The van der Waals surface area contributed by atoms with E-state index in [9.17, 15) is 14.4 Å². The highest BCUT2D eigenvalue weighted by atomic mass is 32.1. The molecule has 1 saturated heterocycles. The SMILES string of the molecule is CC(C)CN(C(=O)C1CC1)C1CCN(C(=O)c2cccs2)[C@@H](C(=O)NCC2CCC(CN)CC2)C1. The van der Waals surface area contributed by atoms with Crippen molar-refractivity contribution in [2.45, 2.75) is 77.3 Å². The largest absolute Gasteiger partial charge is 0.354 e. The highest BCUT2D eigenvalue weighted by molar-refractivity contribution is 7.12. The van der Waals surface area contributed by atoms with Gasteiger partial charge in [-0.3, -0.25) is 14.4 Å². The van der Waals surface area contributed by atoms with E-state index < -0.39 is 6.04 Å². The molecule has 1 aliphatic heterocycles. The molecule has 3 amide bonds. The number of nitrogens with two attached hydrogens (primary N) is 1. The average molecular weight is 503 g/mol. The zero-order valence-electron chi connectivity index (χ0n) is 21.3. The minimum atomic E-state index is -0.551. The summed E-state index contributed by atoms with van der Waals surface area (Å²) in [6.07, 6.45) is 7.59. The van der Waals surface area contributed by atoms with Crippen LogP contribution in [0.1, 0.15) is 74.9 Å². The fourth-order valence-electron chi connectivity index (χ4n) is 5.67. The van der Waals surface area contributed by atoms with Crippen LogP contribution in [0, 0.1) is 23.7 Å². The van der Waals surface area contributed by atoms with Crippen molar-refractivity contribution in [3.05, 3.63) is 22.4 Å². The van der Waals surface area contributed by atoms with E-state index in [4.69, 9.17) is 5.73 Å². The predicted molar refractivity (Wildman–Crippen MR) is 139 cm³/mol. The molecular formula is C27H42N4O3S. The van der Waals surface area contributed by atoms with E-state index in [1.54, 1.807) is 4.90 Å². The van der Waals surface area contributed by atoms with Crippen LogP contribution < -0.4 is 11.1 Å². The topological polar surface area (TPSA) is 95.7 Å². The number of piperidine rings is 1. The molecule has 0 spiro atoms. The van der Waals surface area contributed by atoms with E-state index in [2.05, 4.69) is 19.2 Å². The van der Waals surface area contributed by atoms with Gasteiger partial charge in [-0.05, 0) is 87.1 Å². The second kappa shape index (κ2) is 11.9. The molecule has 194 valence electrons. The summed E-state index contributed by atoms with van der Waals surface area (Å²) in [5, 5.41) is 5.08. The summed E-state index contributed by atoms with van der Waals surface area (Å²) in [5.74, 6) is 1.66. The van der Waals surface area contributed by atoms with Crippen LogP contribution in [0.15, 0.2) is 17.5 Å². The third-order valence-electron chi connectivity index (χ3n) is 7.95. The molecule has 2 heterocycles. The van der Waals surface area contributed by atoms with Crippen molar-refractivity contribution >= 4 is 29.1 Å². The quantitative estimate of drug-likeness (QED) is 0.540. The lowest BCUT2D eigenvalue weighted by Crippen LogP contribution is -2.58. The summed E-state index contributed by atoms with van der Waals surface area (Å²) in [6, 6.07) is 3.14. The van der Waals surface area contributed by atoms with Crippen molar-refractivity contribution in [2.75, 3.05) is 26.2 Å². The fourth-order valence-corrected chi connectivity index (χ4v) is 6.35. The van der Waals surface area contributed by atoms with Crippen molar-refractivity contribution in [3.63, 3.8) is 0 Å². The number of carbonyl (C=O) groups is 3. The summed E-state index contributed by atoms with van der Waals surface area (Å²) in [6.45, 7) is 6.85. The molecular weight excluding hydrogens is 460 g/mol. The molecule has 3 fully saturated rings. The molecule has 2 saturated carbocycles. The molecule has 2 aliphatic carbocycles. The third kappa shape index (κ3) is 6.64. The van der Waals surface area contributed by atoms with Gasteiger partial charge in [0.2, 0.25) is 11.8 Å². The number of rotatable bonds is 9. The first-order valence-electron chi connectivity index (χ1n) is 13.5. The average Bonchev–Trinajstić information content (AvgIpc) is 3.58. The van der Waals surface area contributed by atoms with Crippen LogP contribution >= 0.6 is 11.3 Å². The van der Waals surface area contributed by atoms with Gasteiger partial charge in [-0.2, -0.15) is 0 Å². The van der Waals surface area contributed by atoms with E-state index in [0.717, 1.165) is 51.5 Å². The summed E-state index contributed by atoms with van der Waals surface area (Å²) in [4.78, 5) is 44.4. The number of carbonyl (C=O) groups excluding carboxylic acids is 3. The molecule has 35 heavy (non-hydrogen) atoms. The molecule has 1 unspecified atom stereocenters. The molecule has 1 aromatic heterocycles. The summed E-state index contributed by atoms with van der Waals surface area (Å²) in [7, 11) is 0. The Hall–Kier alpha value is -1.93. The van der Waals surface area contributed by atoms with Gasteiger partial charge in [-0.1, -0.05) is 19.9 Å². The van der Waals surface area contributed by atoms with Gasteiger partial charge in [0.25, 0.3) is 5.91 Å². The number of nitrogens with zero attached hydrogens (tertiary/aromatic N) is 2. The Kier molecular flexibility index (Phi) is 8.87. The number of hydrogen-bond donors (Lipinski definition) is 2. The second-order valence-electron chi connectivity index (χ2n) is 11.2. The van der Waals surface area contributed by atoms with E-state index >= 15 is 0 Å². The smallest absolute Gasteiger partial charge is 0.264 e. The normalized spacial score (nSPS) is 27.0. The molecule has 1 aromatic rings. The van der Waals surface area contributed by atoms with Gasteiger partial charge in [-0.15, -0.1) is 11.3 Å². The van der Waals surface area contributed by atoms with E-state index in [-0.39, 0.29) is 29.7 Å². The van der Waals surface area contributed by atoms with Gasteiger partial charge in [-0.25, -0.2) is 0 Å². The lowest BCUT2D eigenvalue weighted by Gasteiger charge is -2.43. The Balaban J connectivity index is 1.46. The summed E-state index contributed by atoms with van der Waals surface area (Å²) < 4.78 is 0. The number of amides is 3. The van der Waals surface area contributed by atoms with E-state index in [0.29, 0.717) is 48.7 Å². The van der Waals surface area contributed by atoms with Crippen LogP contribution in [0.2, 0.25) is 0 Å². The minimum Gasteiger partial charge on any atom is -0.354 e. The van der Waals surface area contributed by atoms with E-state index in [1.165, 1.54) is 11.3 Å². The molecule has 0 aromatic carbocycles. The minimum absolute atomic E-state index is 0.00590. The maximum atomic E-state index is 13.5. The van der Waals surface area contributed by atoms with Crippen LogP contribution in [0.4, 0.5) is 0 Å². The molecule has 0 bridgehead atoms. The number of thiophene rings is 1. The van der Waals surface area contributed by atoms with Crippen molar-refractivity contribution in [2.24, 2.45) is 29.4 Å². The lowest BCUT2D eigenvalue weighted by molar-refractivity contribution is -0.139. The Morgan fingerprint density at radius 2 is 1.83 bits per heavy atom. The molecule has 7 nitrogen and oxygen atoms in total. The molecule has 3 aliphatic rings. The van der Waals surface area contributed by atoms with Gasteiger partial charge in [0.05, 0.1) is 4.88 Å². The van der Waals surface area contributed by atoms with Crippen LogP contribution in [-0.2, 0) is 9.59 Å². The highest BCUT2D eigenvalue weighted by Gasteiger charge is 2.42. The monoisotopic (exact) mass is 502 g/mol. The molecule has 3 N–H and O–H groups in total. The van der Waals surface area contributed by atoms with Crippen LogP contribution in [0.25, 0.3) is 0 Å². The van der Waals surface area contributed by atoms with E-state index in [1.807, 2.05) is 22.4 Å². The van der Waals surface area contributed by atoms with Gasteiger partial charge in [0, 0.05) is 31.6 Å². The predicted octanol–water partition coefficient (Wildman–Crippen LogP) is 3.50. The first-order valence-corrected chi connectivity index (χ1v) is 14.4. The van der Waals surface area contributed by atoms with Gasteiger partial charge in [0.15, 0.2) is 0 Å².